The van der Waals surface area contributed by atoms with Gasteiger partial charge >= 0.3 is 0 Å². The number of nitrogens with one attached hydrogen (secondary N) is 1. The van der Waals surface area contributed by atoms with E-state index < -0.39 is 0 Å². The number of hydrogen-bond acceptors (Lipinski definition) is 4. The molecule has 0 amide bonds. The van der Waals surface area contributed by atoms with Gasteiger partial charge in [-0.1, -0.05) is 12.1 Å². The van der Waals surface area contributed by atoms with Crippen molar-refractivity contribution >= 4 is 11.8 Å². The van der Waals surface area contributed by atoms with Gasteiger partial charge in [0.05, 0.1) is 0 Å². The Morgan fingerprint density at radius 3 is 2.57 bits per heavy atom. The van der Waals surface area contributed by atoms with Gasteiger partial charge in [-0.2, -0.15) is 11.8 Å². The van der Waals surface area contributed by atoms with Crippen molar-refractivity contribution in [3.05, 3.63) is 35.6 Å². The Balaban J connectivity index is 1.44. The molecule has 3 nitrogen and oxygen atoms in total. The highest BCUT2D eigenvalue weighted by Gasteiger charge is 2.32. The summed E-state index contributed by atoms with van der Waals surface area (Å²) in [5.41, 5.74) is 1.24. The summed E-state index contributed by atoms with van der Waals surface area (Å²) in [4.78, 5) is 5.23. The molecular weight excluding hydrogens is 309 g/mol. The van der Waals surface area contributed by atoms with Crippen molar-refractivity contribution in [3.8, 4) is 0 Å². The van der Waals surface area contributed by atoms with Crippen LogP contribution in [0.15, 0.2) is 24.3 Å². The number of benzene rings is 1. The minimum Gasteiger partial charge on any atom is -0.319 e. The van der Waals surface area contributed by atoms with Crippen LogP contribution in [0.25, 0.3) is 0 Å². The molecule has 5 heteroatoms. The fourth-order valence-corrected chi connectivity index (χ4v) is 4.54. The van der Waals surface area contributed by atoms with Crippen LogP contribution in [0.5, 0.6) is 0 Å². The molecule has 0 aliphatic carbocycles. The van der Waals surface area contributed by atoms with Gasteiger partial charge in [-0.05, 0) is 43.6 Å². The highest BCUT2D eigenvalue weighted by molar-refractivity contribution is 7.99. The lowest BCUT2D eigenvalue weighted by molar-refractivity contribution is 0.0379. The van der Waals surface area contributed by atoms with Crippen LogP contribution in [0, 0.1) is 5.82 Å². The number of nitrogens with zero attached hydrogens (tertiary/aromatic N) is 2. The zero-order valence-electron chi connectivity index (χ0n) is 14.0. The van der Waals surface area contributed by atoms with E-state index in [1.807, 2.05) is 19.2 Å². The third-order valence-corrected chi connectivity index (χ3v) is 6.03. The predicted octanol–water partition coefficient (Wildman–Crippen LogP) is 2.25. The van der Waals surface area contributed by atoms with E-state index in [1.165, 1.54) is 43.2 Å². The first-order chi connectivity index (χ1) is 11.3. The quantitative estimate of drug-likeness (QED) is 0.822. The first-order valence-electron chi connectivity index (χ1n) is 8.70. The lowest BCUT2D eigenvalue weighted by Gasteiger charge is -2.47. The lowest BCUT2D eigenvalue weighted by atomic mass is 9.94. The molecule has 0 saturated carbocycles. The van der Waals surface area contributed by atoms with Crippen molar-refractivity contribution in [2.45, 2.75) is 18.4 Å². The van der Waals surface area contributed by atoms with E-state index in [2.05, 4.69) is 26.9 Å². The Kier molecular flexibility index (Phi) is 6.34. The van der Waals surface area contributed by atoms with Crippen molar-refractivity contribution in [2.75, 3.05) is 57.8 Å². The van der Waals surface area contributed by atoms with E-state index >= 15 is 0 Å². The molecule has 1 atom stereocenters. The molecule has 23 heavy (non-hydrogen) atoms. The fourth-order valence-electron chi connectivity index (χ4n) is 3.61. The largest absolute Gasteiger partial charge is 0.319 e. The smallest absolute Gasteiger partial charge is 0.123 e. The molecule has 0 bridgehead atoms. The van der Waals surface area contributed by atoms with Crippen LogP contribution in [-0.2, 0) is 0 Å². The molecule has 1 unspecified atom stereocenters. The third-order valence-electron chi connectivity index (χ3n) is 5.09. The summed E-state index contributed by atoms with van der Waals surface area (Å²) in [6, 6.07) is 7.80. The summed E-state index contributed by atoms with van der Waals surface area (Å²) in [6.07, 6.45) is 1.13. The Hall–Kier alpha value is -0.620. The van der Waals surface area contributed by atoms with E-state index in [0.29, 0.717) is 5.92 Å². The van der Waals surface area contributed by atoms with Crippen molar-refractivity contribution in [3.63, 3.8) is 0 Å². The van der Waals surface area contributed by atoms with Crippen LogP contribution in [0.3, 0.4) is 0 Å². The van der Waals surface area contributed by atoms with Crippen molar-refractivity contribution < 1.29 is 4.39 Å². The molecule has 1 N–H and O–H groups in total. The standard InChI is InChI=1S/C18H28FN3S/c1-20-12-16(15-2-4-17(19)5-3-15)6-7-21-13-18(14-21)22-8-10-23-11-9-22/h2-5,16,18,20H,6-14H2,1H3. The normalized spacial score (nSPS) is 22.0. The molecule has 2 fully saturated rings. The molecule has 0 aromatic heterocycles. The monoisotopic (exact) mass is 337 g/mol. The van der Waals surface area contributed by atoms with Crippen LogP contribution in [0.1, 0.15) is 17.9 Å². The minimum absolute atomic E-state index is 0.151. The molecule has 2 aliphatic rings. The molecule has 0 radical (unpaired) electrons. The van der Waals surface area contributed by atoms with Gasteiger partial charge in [0.15, 0.2) is 0 Å². The van der Waals surface area contributed by atoms with E-state index in [0.717, 1.165) is 25.6 Å². The molecular formula is C18H28FN3S. The number of rotatable bonds is 7. The average molecular weight is 338 g/mol. The average Bonchev–Trinajstić information content (AvgIpc) is 2.54. The van der Waals surface area contributed by atoms with Gasteiger partial charge in [0.2, 0.25) is 0 Å². The number of thioether (sulfide) groups is 1. The molecule has 1 aromatic rings. The Bertz CT molecular complexity index is 470. The van der Waals surface area contributed by atoms with E-state index in [-0.39, 0.29) is 5.82 Å². The van der Waals surface area contributed by atoms with Gasteiger partial charge in [-0.25, -0.2) is 4.39 Å². The SMILES string of the molecule is CNCC(CCN1CC(N2CCSCC2)C1)c1ccc(F)cc1. The second-order valence-electron chi connectivity index (χ2n) is 6.66. The van der Waals surface area contributed by atoms with Gasteiger partial charge in [0.1, 0.15) is 5.82 Å². The van der Waals surface area contributed by atoms with Crippen LogP contribution >= 0.6 is 11.8 Å². The van der Waals surface area contributed by atoms with Crippen LogP contribution in [0.4, 0.5) is 4.39 Å². The second-order valence-corrected chi connectivity index (χ2v) is 7.88. The maximum atomic E-state index is 13.1. The number of halogens is 1. The van der Waals surface area contributed by atoms with Crippen LogP contribution in [0.2, 0.25) is 0 Å². The van der Waals surface area contributed by atoms with Gasteiger partial charge in [-0.15, -0.1) is 0 Å². The molecule has 0 spiro atoms. The summed E-state index contributed by atoms with van der Waals surface area (Å²) in [5, 5.41) is 3.28. The number of likely N-dealkylation sites (N-methyl/N-ethyl adjacent to an activating group) is 1. The molecule has 2 saturated heterocycles. The van der Waals surface area contributed by atoms with Crippen molar-refractivity contribution in [1.82, 2.24) is 15.1 Å². The molecule has 2 heterocycles. The van der Waals surface area contributed by atoms with Crippen LogP contribution < -0.4 is 5.32 Å². The van der Waals surface area contributed by atoms with E-state index in [4.69, 9.17) is 0 Å². The number of likely N-dealkylation sites (tertiary alicyclic amines) is 1. The second kappa shape index (κ2) is 8.47. The molecule has 128 valence electrons. The summed E-state index contributed by atoms with van der Waals surface area (Å²) in [6.45, 7) is 7.07. The molecule has 2 aliphatic heterocycles. The lowest BCUT2D eigenvalue weighted by Crippen LogP contribution is -2.60. The first kappa shape index (κ1) is 17.2. The van der Waals surface area contributed by atoms with Gasteiger partial charge in [-0.3, -0.25) is 4.90 Å². The third kappa shape index (κ3) is 4.69. The first-order valence-corrected chi connectivity index (χ1v) is 9.86. The summed E-state index contributed by atoms with van der Waals surface area (Å²) in [5.74, 6) is 2.91. The fraction of sp³-hybridized carbons (Fsp3) is 0.667. The summed E-state index contributed by atoms with van der Waals surface area (Å²) < 4.78 is 13.1. The Morgan fingerprint density at radius 2 is 1.91 bits per heavy atom. The van der Waals surface area contributed by atoms with Gasteiger partial charge in [0.25, 0.3) is 0 Å². The minimum atomic E-state index is -0.151. The summed E-state index contributed by atoms with van der Waals surface area (Å²) >= 11 is 2.08. The topological polar surface area (TPSA) is 18.5 Å². The van der Waals surface area contributed by atoms with Crippen molar-refractivity contribution in [1.29, 1.82) is 0 Å². The van der Waals surface area contributed by atoms with Gasteiger partial charge in [0, 0.05) is 50.3 Å². The zero-order chi connectivity index (χ0) is 16.1. The molecule has 1 aromatic carbocycles. The number of hydrogen-bond donors (Lipinski definition) is 1. The zero-order valence-corrected chi connectivity index (χ0v) is 14.8. The highest BCUT2D eigenvalue weighted by atomic mass is 32.2. The predicted molar refractivity (Wildman–Crippen MR) is 96.8 cm³/mol. The van der Waals surface area contributed by atoms with Crippen LogP contribution in [-0.4, -0.2) is 73.7 Å². The van der Waals surface area contributed by atoms with Gasteiger partial charge < -0.3 is 10.2 Å². The highest BCUT2D eigenvalue weighted by Crippen LogP contribution is 2.23. The maximum absolute atomic E-state index is 13.1. The van der Waals surface area contributed by atoms with E-state index in [1.54, 1.807) is 12.1 Å². The summed E-state index contributed by atoms with van der Waals surface area (Å²) in [7, 11) is 1.99. The van der Waals surface area contributed by atoms with Crippen molar-refractivity contribution in [2.24, 2.45) is 0 Å². The maximum Gasteiger partial charge on any atom is 0.123 e. The van der Waals surface area contributed by atoms with E-state index in [9.17, 15) is 4.39 Å². The Morgan fingerprint density at radius 1 is 1.22 bits per heavy atom. The molecule has 3 rings (SSSR count). The Labute approximate surface area is 143 Å².